The molecular formula is C18H16N2O3. The minimum absolute atomic E-state index is 0.0948. The molecule has 0 spiro atoms. The van der Waals surface area contributed by atoms with Gasteiger partial charge in [-0.2, -0.15) is 0 Å². The molecule has 0 saturated carbocycles. The summed E-state index contributed by atoms with van der Waals surface area (Å²) in [7, 11) is 0. The third kappa shape index (κ3) is 2.34. The van der Waals surface area contributed by atoms with Crippen molar-refractivity contribution in [3.8, 4) is 5.75 Å². The number of aromatic amines is 1. The van der Waals surface area contributed by atoms with Crippen molar-refractivity contribution in [2.24, 2.45) is 5.92 Å². The van der Waals surface area contributed by atoms with Crippen LogP contribution in [0.1, 0.15) is 28.9 Å². The number of fused-ring (bicyclic) bond motifs is 2. The third-order valence-electron chi connectivity index (χ3n) is 4.16. The minimum Gasteiger partial charge on any atom is -0.493 e. The van der Waals surface area contributed by atoms with E-state index in [-0.39, 0.29) is 18.0 Å². The molecule has 1 aromatic carbocycles. The molecule has 4 rings (SSSR count). The Labute approximate surface area is 133 Å². The Bertz CT molecular complexity index is 871. The molecule has 2 aromatic heterocycles. The van der Waals surface area contributed by atoms with Gasteiger partial charge in [0, 0.05) is 29.3 Å². The van der Waals surface area contributed by atoms with E-state index in [1.54, 1.807) is 18.5 Å². The van der Waals surface area contributed by atoms with E-state index < -0.39 is 0 Å². The average Bonchev–Trinajstić information content (AvgIpc) is 3.06. The predicted octanol–water partition coefficient (Wildman–Crippen LogP) is 3.49. The summed E-state index contributed by atoms with van der Waals surface area (Å²) in [6.07, 6.45) is 3.06. The van der Waals surface area contributed by atoms with Gasteiger partial charge in [0.05, 0.1) is 12.2 Å². The molecule has 1 aliphatic heterocycles. The van der Waals surface area contributed by atoms with Crippen LogP contribution in [0.5, 0.6) is 5.75 Å². The number of ether oxygens (including phenoxy) is 2. The molecule has 0 saturated heterocycles. The Morgan fingerprint density at radius 3 is 3.09 bits per heavy atom. The van der Waals surface area contributed by atoms with Crippen LogP contribution in [-0.2, 0) is 4.74 Å². The molecule has 23 heavy (non-hydrogen) atoms. The second-order valence-corrected chi connectivity index (χ2v) is 5.75. The maximum atomic E-state index is 12.7. The molecule has 3 heterocycles. The number of nitrogens with one attached hydrogen (secondary N) is 1. The molecule has 5 nitrogen and oxygen atoms in total. The van der Waals surface area contributed by atoms with Gasteiger partial charge in [-0.05, 0) is 18.2 Å². The topological polar surface area (TPSA) is 64.2 Å². The highest BCUT2D eigenvalue weighted by Crippen LogP contribution is 2.38. The predicted molar refractivity (Wildman–Crippen MR) is 85.4 cm³/mol. The number of rotatable bonds is 2. The van der Waals surface area contributed by atoms with Crippen molar-refractivity contribution in [1.82, 2.24) is 9.97 Å². The van der Waals surface area contributed by atoms with Crippen LogP contribution in [0.15, 0.2) is 48.8 Å². The number of hydrogen-bond acceptors (Lipinski definition) is 4. The van der Waals surface area contributed by atoms with Gasteiger partial charge in [0.2, 0.25) is 0 Å². The van der Waals surface area contributed by atoms with E-state index in [0.717, 1.165) is 16.7 Å². The summed E-state index contributed by atoms with van der Waals surface area (Å²) >= 11 is 0. The highest BCUT2D eigenvalue weighted by Gasteiger charge is 2.31. The van der Waals surface area contributed by atoms with Crippen molar-refractivity contribution >= 4 is 17.0 Å². The SMILES string of the molecule is CC1COc2ccccc2C1OC(=O)c1ccnc2[nH]ccc12. The first-order chi connectivity index (χ1) is 11.2. The number of esters is 1. The summed E-state index contributed by atoms with van der Waals surface area (Å²) in [6.45, 7) is 2.55. The summed E-state index contributed by atoms with van der Waals surface area (Å²) in [6, 6.07) is 11.2. The van der Waals surface area contributed by atoms with E-state index in [9.17, 15) is 4.79 Å². The van der Waals surface area contributed by atoms with Crippen molar-refractivity contribution < 1.29 is 14.3 Å². The quantitative estimate of drug-likeness (QED) is 0.736. The van der Waals surface area contributed by atoms with Crippen LogP contribution in [0.2, 0.25) is 0 Å². The van der Waals surface area contributed by atoms with Gasteiger partial charge < -0.3 is 14.5 Å². The van der Waals surface area contributed by atoms with Crippen LogP contribution in [0.4, 0.5) is 0 Å². The van der Waals surface area contributed by atoms with Gasteiger partial charge in [0.1, 0.15) is 17.5 Å². The fourth-order valence-corrected chi connectivity index (χ4v) is 2.96. The lowest BCUT2D eigenvalue weighted by molar-refractivity contribution is -0.0000282. The number of carbonyl (C=O) groups excluding carboxylic acids is 1. The molecule has 1 N–H and O–H groups in total. The van der Waals surface area contributed by atoms with Gasteiger partial charge >= 0.3 is 5.97 Å². The first kappa shape index (κ1) is 13.8. The maximum absolute atomic E-state index is 12.7. The fourth-order valence-electron chi connectivity index (χ4n) is 2.96. The van der Waals surface area contributed by atoms with Crippen LogP contribution in [0.3, 0.4) is 0 Å². The molecule has 2 atom stereocenters. The number of H-pyrrole nitrogens is 1. The van der Waals surface area contributed by atoms with E-state index in [1.165, 1.54) is 0 Å². The van der Waals surface area contributed by atoms with Crippen molar-refractivity contribution in [3.05, 3.63) is 59.9 Å². The Morgan fingerprint density at radius 2 is 2.17 bits per heavy atom. The lowest BCUT2D eigenvalue weighted by Gasteiger charge is -2.31. The second kappa shape index (κ2) is 5.43. The molecule has 1 aliphatic rings. The zero-order valence-electron chi connectivity index (χ0n) is 12.7. The van der Waals surface area contributed by atoms with Crippen molar-refractivity contribution in [2.45, 2.75) is 13.0 Å². The Balaban J connectivity index is 1.68. The molecule has 2 unspecified atom stereocenters. The van der Waals surface area contributed by atoms with Gasteiger partial charge in [0.15, 0.2) is 0 Å². The summed E-state index contributed by atoms with van der Waals surface area (Å²) in [4.78, 5) is 19.9. The van der Waals surface area contributed by atoms with E-state index in [0.29, 0.717) is 17.8 Å². The van der Waals surface area contributed by atoms with Gasteiger partial charge in [-0.1, -0.05) is 25.1 Å². The Hall–Kier alpha value is -2.82. The smallest absolute Gasteiger partial charge is 0.339 e. The summed E-state index contributed by atoms with van der Waals surface area (Å²) in [5, 5.41) is 0.769. The molecule has 0 aliphatic carbocycles. The normalized spacial score (nSPS) is 19.9. The van der Waals surface area contributed by atoms with Crippen LogP contribution < -0.4 is 4.74 Å². The van der Waals surface area contributed by atoms with Crippen molar-refractivity contribution in [2.75, 3.05) is 6.61 Å². The van der Waals surface area contributed by atoms with Gasteiger partial charge in [0.25, 0.3) is 0 Å². The maximum Gasteiger partial charge on any atom is 0.339 e. The minimum atomic E-state index is -0.342. The van der Waals surface area contributed by atoms with Crippen LogP contribution in [0, 0.1) is 5.92 Å². The summed E-state index contributed by atoms with van der Waals surface area (Å²) in [5.74, 6) is 0.535. The number of benzene rings is 1. The third-order valence-corrected chi connectivity index (χ3v) is 4.16. The highest BCUT2D eigenvalue weighted by molar-refractivity contribution is 6.02. The molecule has 3 aromatic rings. The van der Waals surface area contributed by atoms with Gasteiger partial charge in [-0.25, -0.2) is 9.78 Å². The standard InChI is InChI=1S/C18H16N2O3/c1-11-10-22-15-5-3-2-4-14(15)16(11)23-18(21)13-7-9-20-17-12(13)6-8-19-17/h2-9,11,16H,10H2,1H3,(H,19,20). The number of nitrogens with zero attached hydrogens (tertiary/aromatic N) is 1. The summed E-state index contributed by atoms with van der Waals surface area (Å²) < 4.78 is 11.5. The van der Waals surface area contributed by atoms with E-state index in [4.69, 9.17) is 9.47 Å². The van der Waals surface area contributed by atoms with Gasteiger partial charge in [-0.15, -0.1) is 0 Å². The zero-order valence-corrected chi connectivity index (χ0v) is 12.7. The van der Waals surface area contributed by atoms with E-state index in [2.05, 4.69) is 9.97 Å². The monoisotopic (exact) mass is 308 g/mol. The first-order valence-electron chi connectivity index (χ1n) is 7.59. The fraction of sp³-hybridized carbons (Fsp3) is 0.222. The molecule has 0 amide bonds. The van der Waals surface area contributed by atoms with E-state index >= 15 is 0 Å². The van der Waals surface area contributed by atoms with E-state index in [1.807, 2.05) is 37.3 Å². The van der Waals surface area contributed by atoms with Crippen molar-refractivity contribution in [1.29, 1.82) is 0 Å². The largest absolute Gasteiger partial charge is 0.493 e. The number of aromatic nitrogens is 2. The van der Waals surface area contributed by atoms with Crippen LogP contribution in [0.25, 0.3) is 11.0 Å². The Morgan fingerprint density at radius 1 is 1.30 bits per heavy atom. The van der Waals surface area contributed by atoms with Crippen molar-refractivity contribution in [3.63, 3.8) is 0 Å². The molecule has 5 heteroatoms. The average molecular weight is 308 g/mol. The van der Waals surface area contributed by atoms with Crippen LogP contribution in [-0.4, -0.2) is 22.5 Å². The molecular weight excluding hydrogens is 292 g/mol. The molecule has 116 valence electrons. The highest BCUT2D eigenvalue weighted by atomic mass is 16.6. The second-order valence-electron chi connectivity index (χ2n) is 5.75. The number of carbonyl (C=O) groups is 1. The molecule has 0 radical (unpaired) electrons. The molecule has 0 fully saturated rings. The number of pyridine rings is 1. The number of para-hydroxylation sites is 1. The number of hydrogen-bond donors (Lipinski definition) is 1. The summed E-state index contributed by atoms with van der Waals surface area (Å²) in [5.41, 5.74) is 2.12. The zero-order chi connectivity index (χ0) is 15.8. The van der Waals surface area contributed by atoms with Gasteiger partial charge in [-0.3, -0.25) is 0 Å². The molecule has 0 bridgehead atoms. The lowest BCUT2D eigenvalue weighted by Crippen LogP contribution is -2.27. The lowest BCUT2D eigenvalue weighted by atomic mass is 9.94. The van der Waals surface area contributed by atoms with Crippen LogP contribution >= 0.6 is 0 Å². The first-order valence-corrected chi connectivity index (χ1v) is 7.59. The Kier molecular flexibility index (Phi) is 3.26.